The van der Waals surface area contributed by atoms with E-state index in [1.807, 2.05) is 35.2 Å². The normalized spacial score (nSPS) is 20.8. The van der Waals surface area contributed by atoms with E-state index in [0.717, 1.165) is 31.7 Å². The quantitative estimate of drug-likeness (QED) is 0.715. The molecule has 1 aliphatic rings. The maximum atomic E-state index is 12.0. The largest absolute Gasteiger partial charge is 0.314 e. The monoisotopic (exact) mass is 254 g/mol. The molecule has 1 aromatic carbocycles. The minimum Gasteiger partial charge on any atom is -0.314 e. The molecule has 0 radical (unpaired) electrons. The van der Waals surface area contributed by atoms with Crippen LogP contribution < -0.4 is 5.32 Å². The van der Waals surface area contributed by atoms with Gasteiger partial charge in [-0.05, 0) is 0 Å². The molecule has 1 atom stereocenters. The van der Waals surface area contributed by atoms with E-state index in [-0.39, 0.29) is 0 Å². The third-order valence-corrected chi connectivity index (χ3v) is 4.00. The Morgan fingerprint density at radius 1 is 1.29 bits per heavy atom. The Bertz CT molecular complexity index is 478. The number of hydrogen-bond acceptors (Lipinski definition) is 2. The zero-order valence-electron chi connectivity index (χ0n) is 9.93. The highest BCUT2D eigenvalue weighted by molar-refractivity contribution is 7.96. The topological polar surface area (TPSA) is 52.6 Å². The number of rotatable bonds is 1. The van der Waals surface area contributed by atoms with Gasteiger partial charge in [-0.3, -0.25) is 4.90 Å². The van der Waals surface area contributed by atoms with Crippen molar-refractivity contribution in [1.82, 2.24) is 10.2 Å². The van der Waals surface area contributed by atoms with Crippen LogP contribution in [0.5, 0.6) is 0 Å². The van der Waals surface area contributed by atoms with Crippen LogP contribution in [0, 0.1) is 0 Å². The summed E-state index contributed by atoms with van der Waals surface area (Å²) in [6.45, 7) is 3.25. The summed E-state index contributed by atoms with van der Waals surface area (Å²) in [4.78, 5) is 2.56. The summed E-state index contributed by atoms with van der Waals surface area (Å²) in [5.74, 6) is 0. The summed E-state index contributed by atoms with van der Waals surface area (Å²) in [5.41, 5.74) is 0.837. The van der Waals surface area contributed by atoms with Crippen molar-refractivity contribution in [2.75, 3.05) is 32.4 Å². The van der Waals surface area contributed by atoms with Crippen molar-refractivity contribution in [3.05, 3.63) is 35.9 Å². The van der Waals surface area contributed by atoms with Crippen molar-refractivity contribution in [2.24, 2.45) is 0 Å². The fourth-order valence-electron chi connectivity index (χ4n) is 2.09. The summed E-state index contributed by atoms with van der Waals surface area (Å²) in [6.07, 6.45) is 1.39. The minimum absolute atomic E-state index is 0.555. The van der Waals surface area contributed by atoms with E-state index in [9.17, 15) is 8.76 Å². The molecule has 2 rings (SSSR count). The van der Waals surface area contributed by atoms with E-state index in [4.69, 9.17) is 0 Å². The number of piperazine rings is 1. The summed E-state index contributed by atoms with van der Waals surface area (Å²) in [5, 5.41) is 3.24. The molecule has 17 heavy (non-hydrogen) atoms. The molecule has 0 aromatic heterocycles. The van der Waals surface area contributed by atoms with Crippen molar-refractivity contribution in [1.29, 1.82) is 0 Å². The number of nitrogens with one attached hydrogen (secondary N) is 1. The van der Waals surface area contributed by atoms with Crippen LogP contribution in [0.1, 0.15) is 5.56 Å². The highest BCUT2D eigenvalue weighted by Gasteiger charge is 2.20. The van der Waals surface area contributed by atoms with Crippen LogP contribution in [0.4, 0.5) is 0 Å². The molecule has 1 heterocycles. The van der Waals surface area contributed by atoms with Gasteiger partial charge in [0.05, 0.1) is 9.80 Å². The minimum atomic E-state index is -2.95. The smallest absolute Gasteiger partial charge is 0.103 e. The molecule has 1 unspecified atom stereocenters. The van der Waals surface area contributed by atoms with Crippen LogP contribution in [-0.4, -0.2) is 51.1 Å². The second kappa shape index (κ2) is 5.18. The molecule has 1 aromatic rings. The first-order valence-corrected chi connectivity index (χ1v) is 7.61. The van der Waals surface area contributed by atoms with Crippen molar-refractivity contribution < 1.29 is 8.76 Å². The van der Waals surface area contributed by atoms with Crippen LogP contribution in [-0.2, 0) is 9.80 Å². The second-order valence-corrected chi connectivity index (χ2v) is 6.20. The Kier molecular flexibility index (Phi) is 3.83. The van der Waals surface area contributed by atoms with Gasteiger partial charge in [-0.2, -0.15) is 0 Å². The van der Waals surface area contributed by atoms with E-state index >= 15 is 0 Å². The first kappa shape index (κ1) is 12.6. The second-order valence-electron chi connectivity index (χ2n) is 4.21. The lowest BCUT2D eigenvalue weighted by Gasteiger charge is -2.30. The lowest BCUT2D eigenvalue weighted by Crippen LogP contribution is -2.48. The summed E-state index contributed by atoms with van der Waals surface area (Å²) in [7, 11) is -2.95. The first-order chi connectivity index (χ1) is 8.09. The van der Waals surface area contributed by atoms with E-state index in [1.165, 1.54) is 6.26 Å². The molecular weight excluding hydrogens is 236 g/mol. The van der Waals surface area contributed by atoms with Crippen molar-refractivity contribution in [3.8, 4) is 0 Å². The molecule has 4 nitrogen and oxygen atoms in total. The molecule has 0 aliphatic carbocycles. The third kappa shape index (κ3) is 3.07. The zero-order valence-corrected chi connectivity index (χ0v) is 10.7. The van der Waals surface area contributed by atoms with Gasteiger partial charge in [0.25, 0.3) is 0 Å². The molecule has 5 heteroatoms. The predicted octanol–water partition coefficient (Wildman–Crippen LogP) is 0.457. The molecule has 0 bridgehead atoms. The number of benzene rings is 1. The van der Waals surface area contributed by atoms with Gasteiger partial charge in [-0.1, -0.05) is 30.3 Å². The van der Waals surface area contributed by atoms with Crippen molar-refractivity contribution in [2.45, 2.75) is 0 Å². The Balaban J connectivity index is 2.44. The van der Waals surface area contributed by atoms with Crippen LogP contribution in [0.15, 0.2) is 30.3 Å². The summed E-state index contributed by atoms with van der Waals surface area (Å²) >= 11 is 0. The van der Waals surface area contributed by atoms with E-state index < -0.39 is 9.80 Å². The van der Waals surface area contributed by atoms with E-state index in [2.05, 4.69) is 5.32 Å². The maximum absolute atomic E-state index is 12.0. The average Bonchev–Trinajstić information content (AvgIpc) is 2.30. The van der Waals surface area contributed by atoms with E-state index in [0.29, 0.717) is 4.99 Å². The number of nitrogens with zero attached hydrogens (tertiary/aromatic N) is 1. The Morgan fingerprint density at radius 3 is 2.41 bits per heavy atom. The standard InChI is InChI=1S/C12H18N2O2S/c1-17(15,16)12(11-5-3-2-4-6-11)14-9-7-13-8-10-14/h2-6,13H,7-10H2,1H3,(H,15,16). The molecule has 1 aliphatic heterocycles. The molecular formula is C12H18N2O2S. The van der Waals surface area contributed by atoms with E-state index in [1.54, 1.807) is 0 Å². The van der Waals surface area contributed by atoms with Gasteiger partial charge >= 0.3 is 0 Å². The molecule has 0 saturated carbocycles. The van der Waals surface area contributed by atoms with Crippen molar-refractivity contribution >= 4 is 14.8 Å². The fraction of sp³-hybridized carbons (Fsp3) is 0.417. The van der Waals surface area contributed by atoms with Crippen LogP contribution in [0.3, 0.4) is 0 Å². The Hall–Kier alpha value is -0.880. The molecule has 2 N–H and O–H groups in total. The van der Waals surface area contributed by atoms with Crippen LogP contribution in [0.2, 0.25) is 0 Å². The molecule has 1 fully saturated rings. The van der Waals surface area contributed by atoms with Gasteiger partial charge in [-0.15, -0.1) is 0 Å². The average molecular weight is 254 g/mol. The van der Waals surface area contributed by atoms with Gasteiger partial charge < -0.3 is 9.87 Å². The first-order valence-electron chi connectivity index (χ1n) is 5.69. The fourth-order valence-corrected chi connectivity index (χ4v) is 3.32. The zero-order chi connectivity index (χ0) is 12.3. The van der Waals surface area contributed by atoms with Crippen LogP contribution >= 0.6 is 0 Å². The van der Waals surface area contributed by atoms with Crippen molar-refractivity contribution in [3.63, 3.8) is 0 Å². The van der Waals surface area contributed by atoms with Gasteiger partial charge in [0.2, 0.25) is 0 Å². The molecule has 94 valence electrons. The molecule has 0 spiro atoms. The van der Waals surface area contributed by atoms with Crippen LogP contribution in [0.25, 0.3) is 0 Å². The van der Waals surface area contributed by atoms with Gasteiger partial charge in [0, 0.05) is 38.0 Å². The highest BCUT2D eigenvalue weighted by atomic mass is 32.2. The Morgan fingerprint density at radius 2 is 1.88 bits per heavy atom. The molecule has 0 amide bonds. The lowest BCUT2D eigenvalue weighted by molar-refractivity contribution is 0.361. The Labute approximate surface area is 102 Å². The lowest BCUT2D eigenvalue weighted by atomic mass is 10.2. The highest BCUT2D eigenvalue weighted by Crippen LogP contribution is 2.09. The van der Waals surface area contributed by atoms with Gasteiger partial charge in [0.1, 0.15) is 4.99 Å². The predicted molar refractivity (Wildman–Crippen MR) is 71.7 cm³/mol. The van der Waals surface area contributed by atoms with Gasteiger partial charge in [-0.25, -0.2) is 4.21 Å². The summed E-state index contributed by atoms with van der Waals surface area (Å²) in [6, 6.07) is 9.46. The third-order valence-electron chi connectivity index (χ3n) is 2.78. The number of hydrogen-bond donors (Lipinski definition) is 2. The molecule has 1 saturated heterocycles. The summed E-state index contributed by atoms with van der Waals surface area (Å²) < 4.78 is 22.0. The SMILES string of the molecule is CS(=O)(O)=C(c1ccccc1)N1CCNCC1. The maximum Gasteiger partial charge on any atom is 0.103 e. The van der Waals surface area contributed by atoms with Gasteiger partial charge in [0.15, 0.2) is 0 Å².